The van der Waals surface area contributed by atoms with Crippen LogP contribution in [-0.2, 0) is 0 Å². The third-order valence-electron chi connectivity index (χ3n) is 3.52. The maximum atomic E-state index is 6.14. The van der Waals surface area contributed by atoms with E-state index < -0.39 is 0 Å². The van der Waals surface area contributed by atoms with Crippen molar-refractivity contribution in [1.29, 1.82) is 0 Å². The Morgan fingerprint density at radius 1 is 1.00 bits per heavy atom. The van der Waals surface area contributed by atoms with E-state index in [1.807, 2.05) is 53.4 Å². The standard InChI is InChI=1S/C17H11ClN3/c1-11-3-2-4-13(7-11)21-10-20-16-9-19-15-6-5-12(18)8-14(15)17(16)21/h2-10H,1H2. The monoisotopic (exact) mass is 292 g/mol. The Labute approximate surface area is 126 Å². The Balaban J connectivity index is 2.13. The smallest absolute Gasteiger partial charge is 0.108 e. The van der Waals surface area contributed by atoms with Crippen molar-refractivity contribution in [1.82, 2.24) is 14.5 Å². The fourth-order valence-corrected chi connectivity index (χ4v) is 2.74. The summed E-state index contributed by atoms with van der Waals surface area (Å²) in [6.07, 6.45) is 3.59. The second kappa shape index (κ2) is 4.57. The van der Waals surface area contributed by atoms with E-state index in [4.69, 9.17) is 11.6 Å². The van der Waals surface area contributed by atoms with Gasteiger partial charge >= 0.3 is 0 Å². The van der Waals surface area contributed by atoms with Gasteiger partial charge in [0.25, 0.3) is 0 Å². The van der Waals surface area contributed by atoms with Crippen LogP contribution in [0.5, 0.6) is 0 Å². The Kier molecular flexibility index (Phi) is 2.69. The highest BCUT2D eigenvalue weighted by Crippen LogP contribution is 2.27. The molecule has 0 aliphatic heterocycles. The van der Waals surface area contributed by atoms with Gasteiger partial charge < -0.3 is 0 Å². The Morgan fingerprint density at radius 2 is 1.90 bits per heavy atom. The molecule has 4 aromatic rings. The number of hydrogen-bond acceptors (Lipinski definition) is 2. The zero-order valence-electron chi connectivity index (χ0n) is 11.1. The van der Waals surface area contributed by atoms with Crippen LogP contribution in [0.25, 0.3) is 27.6 Å². The van der Waals surface area contributed by atoms with Crippen LogP contribution in [0.3, 0.4) is 0 Å². The molecule has 2 aromatic heterocycles. The molecule has 21 heavy (non-hydrogen) atoms. The summed E-state index contributed by atoms with van der Waals surface area (Å²) in [5.74, 6) is 0. The summed E-state index contributed by atoms with van der Waals surface area (Å²) >= 11 is 6.14. The normalized spacial score (nSPS) is 11.3. The molecule has 2 heterocycles. The first-order valence-electron chi connectivity index (χ1n) is 6.56. The minimum atomic E-state index is 0.690. The molecule has 4 rings (SSSR count). The first kappa shape index (κ1) is 12.4. The lowest BCUT2D eigenvalue weighted by Crippen LogP contribution is -1.93. The highest BCUT2D eigenvalue weighted by atomic mass is 35.5. The van der Waals surface area contributed by atoms with Gasteiger partial charge in [-0.05, 0) is 42.8 Å². The van der Waals surface area contributed by atoms with Gasteiger partial charge in [0.1, 0.15) is 11.8 Å². The van der Waals surface area contributed by atoms with Crippen LogP contribution >= 0.6 is 11.6 Å². The highest BCUT2D eigenvalue weighted by molar-refractivity contribution is 6.31. The number of rotatable bonds is 1. The van der Waals surface area contributed by atoms with Crippen molar-refractivity contribution in [2.75, 3.05) is 0 Å². The van der Waals surface area contributed by atoms with E-state index in [0.29, 0.717) is 5.02 Å². The predicted octanol–water partition coefficient (Wildman–Crippen LogP) is 4.41. The first-order chi connectivity index (χ1) is 10.2. The van der Waals surface area contributed by atoms with Gasteiger partial charge in [-0.1, -0.05) is 23.7 Å². The summed E-state index contributed by atoms with van der Waals surface area (Å²) in [5.41, 5.74) is 4.75. The number of nitrogens with zero attached hydrogens (tertiary/aromatic N) is 3. The highest BCUT2D eigenvalue weighted by Gasteiger charge is 2.10. The zero-order chi connectivity index (χ0) is 14.4. The SMILES string of the molecule is [CH2]c1cccc(-n2cnc3cnc4ccc(Cl)cc4c32)c1. The lowest BCUT2D eigenvalue weighted by Gasteiger charge is -2.07. The third-order valence-corrected chi connectivity index (χ3v) is 3.76. The van der Waals surface area contributed by atoms with Crippen molar-refractivity contribution in [2.45, 2.75) is 0 Å². The molecular formula is C17H11ClN3. The third kappa shape index (κ3) is 1.98. The molecule has 0 saturated heterocycles. The molecule has 0 amide bonds. The van der Waals surface area contributed by atoms with Crippen molar-refractivity contribution >= 4 is 33.5 Å². The largest absolute Gasteiger partial charge is 0.298 e. The molecule has 0 bridgehead atoms. The Hall–Kier alpha value is -2.39. The number of aromatic nitrogens is 3. The van der Waals surface area contributed by atoms with Crippen LogP contribution < -0.4 is 0 Å². The van der Waals surface area contributed by atoms with E-state index in [2.05, 4.69) is 16.9 Å². The predicted molar refractivity (Wildman–Crippen MR) is 85.8 cm³/mol. The molecule has 0 unspecified atom stereocenters. The summed E-state index contributed by atoms with van der Waals surface area (Å²) in [6.45, 7) is 3.98. The van der Waals surface area contributed by atoms with E-state index in [0.717, 1.165) is 33.2 Å². The van der Waals surface area contributed by atoms with Crippen molar-refractivity contribution in [2.24, 2.45) is 0 Å². The fourth-order valence-electron chi connectivity index (χ4n) is 2.57. The van der Waals surface area contributed by atoms with E-state index >= 15 is 0 Å². The fraction of sp³-hybridized carbons (Fsp3) is 0. The molecule has 0 atom stereocenters. The number of halogens is 1. The topological polar surface area (TPSA) is 30.7 Å². The quantitative estimate of drug-likeness (QED) is 0.520. The lowest BCUT2D eigenvalue weighted by atomic mass is 10.1. The molecule has 0 fully saturated rings. The number of fused-ring (bicyclic) bond motifs is 3. The molecule has 0 aliphatic carbocycles. The molecule has 0 spiro atoms. The van der Waals surface area contributed by atoms with Gasteiger partial charge in [0.15, 0.2) is 0 Å². The summed E-state index contributed by atoms with van der Waals surface area (Å²) in [5, 5.41) is 1.68. The maximum absolute atomic E-state index is 6.14. The van der Waals surface area contributed by atoms with Crippen LogP contribution in [0.15, 0.2) is 55.0 Å². The van der Waals surface area contributed by atoms with Gasteiger partial charge in [-0.2, -0.15) is 0 Å². The lowest BCUT2D eigenvalue weighted by molar-refractivity contribution is 1.09. The summed E-state index contributed by atoms with van der Waals surface area (Å²) in [7, 11) is 0. The van der Waals surface area contributed by atoms with Gasteiger partial charge in [0.2, 0.25) is 0 Å². The summed E-state index contributed by atoms with van der Waals surface area (Å²) in [4.78, 5) is 8.87. The minimum Gasteiger partial charge on any atom is -0.298 e. The number of hydrogen-bond donors (Lipinski definition) is 0. The van der Waals surface area contributed by atoms with Crippen LogP contribution in [0.1, 0.15) is 5.56 Å². The van der Waals surface area contributed by atoms with Crippen molar-refractivity contribution < 1.29 is 0 Å². The van der Waals surface area contributed by atoms with E-state index in [1.54, 1.807) is 6.20 Å². The van der Waals surface area contributed by atoms with Gasteiger partial charge in [-0.3, -0.25) is 9.55 Å². The van der Waals surface area contributed by atoms with E-state index in [1.165, 1.54) is 0 Å². The van der Waals surface area contributed by atoms with Gasteiger partial charge in [-0.25, -0.2) is 4.98 Å². The van der Waals surface area contributed by atoms with Crippen LogP contribution in [0, 0.1) is 6.92 Å². The summed E-state index contributed by atoms with van der Waals surface area (Å²) in [6, 6.07) is 13.7. The zero-order valence-corrected chi connectivity index (χ0v) is 11.9. The van der Waals surface area contributed by atoms with Crippen molar-refractivity contribution in [3.63, 3.8) is 0 Å². The van der Waals surface area contributed by atoms with Gasteiger partial charge in [0.05, 0.1) is 17.2 Å². The Bertz CT molecular complexity index is 972. The minimum absolute atomic E-state index is 0.690. The van der Waals surface area contributed by atoms with Gasteiger partial charge in [-0.15, -0.1) is 0 Å². The maximum Gasteiger partial charge on any atom is 0.108 e. The van der Waals surface area contributed by atoms with Gasteiger partial charge in [0, 0.05) is 16.1 Å². The molecule has 0 saturated carbocycles. The molecule has 1 radical (unpaired) electrons. The molecule has 4 heteroatoms. The molecule has 3 nitrogen and oxygen atoms in total. The van der Waals surface area contributed by atoms with E-state index in [-0.39, 0.29) is 0 Å². The van der Waals surface area contributed by atoms with Crippen LogP contribution in [0.2, 0.25) is 5.02 Å². The first-order valence-corrected chi connectivity index (χ1v) is 6.94. The molecule has 0 aliphatic rings. The summed E-state index contributed by atoms with van der Waals surface area (Å²) < 4.78 is 2.05. The average Bonchev–Trinajstić information content (AvgIpc) is 2.91. The number of pyridine rings is 1. The number of imidazole rings is 1. The Morgan fingerprint density at radius 3 is 2.76 bits per heavy atom. The number of benzene rings is 2. The van der Waals surface area contributed by atoms with Crippen LogP contribution in [0.4, 0.5) is 0 Å². The molecule has 0 N–H and O–H groups in total. The van der Waals surface area contributed by atoms with Crippen molar-refractivity contribution in [3.05, 3.63) is 72.5 Å². The second-order valence-electron chi connectivity index (χ2n) is 4.94. The molecular weight excluding hydrogens is 282 g/mol. The van der Waals surface area contributed by atoms with Crippen molar-refractivity contribution in [3.8, 4) is 5.69 Å². The van der Waals surface area contributed by atoms with Crippen LogP contribution in [-0.4, -0.2) is 14.5 Å². The molecule has 2 aromatic carbocycles. The van der Waals surface area contributed by atoms with E-state index in [9.17, 15) is 0 Å². The average molecular weight is 293 g/mol. The molecule has 101 valence electrons. The second-order valence-corrected chi connectivity index (χ2v) is 5.37.